The molecular formula is C17H16N4O2S2. The highest BCUT2D eigenvalue weighted by atomic mass is 32.1. The Morgan fingerprint density at radius 1 is 1.24 bits per heavy atom. The van der Waals surface area contributed by atoms with E-state index < -0.39 is 0 Å². The van der Waals surface area contributed by atoms with E-state index in [9.17, 15) is 4.79 Å². The van der Waals surface area contributed by atoms with Crippen LogP contribution in [0.2, 0.25) is 0 Å². The van der Waals surface area contributed by atoms with Crippen molar-refractivity contribution in [3.05, 3.63) is 45.9 Å². The summed E-state index contributed by atoms with van der Waals surface area (Å²) in [6.45, 7) is 2.60. The van der Waals surface area contributed by atoms with Crippen LogP contribution in [-0.4, -0.2) is 27.7 Å². The number of aromatic nitrogens is 3. The van der Waals surface area contributed by atoms with Gasteiger partial charge in [0.2, 0.25) is 5.13 Å². The van der Waals surface area contributed by atoms with Crippen LogP contribution in [0.25, 0.3) is 10.6 Å². The number of anilines is 1. The highest BCUT2D eigenvalue weighted by Crippen LogP contribution is 2.33. The largest absolute Gasteiger partial charge is 0.371 e. The lowest BCUT2D eigenvalue weighted by molar-refractivity contribution is 0.102. The molecular weight excluding hydrogens is 356 g/mol. The summed E-state index contributed by atoms with van der Waals surface area (Å²) in [6, 6.07) is 9.84. The number of rotatable bonds is 4. The van der Waals surface area contributed by atoms with Crippen molar-refractivity contribution in [3.63, 3.8) is 0 Å². The molecule has 1 saturated heterocycles. The predicted octanol–water partition coefficient (Wildman–Crippen LogP) is 4.07. The standard InChI is InChI=1S/C17H16N4O2S2/c1-10-13(24-15(18-10)11-6-3-2-4-7-11)14(22)19-17-21-20-16(25-17)12-8-5-9-23-12/h2-4,6-7,12H,5,8-9H2,1H3,(H,19,21,22)/t12-/m0/s1. The molecule has 25 heavy (non-hydrogen) atoms. The van der Waals surface area contributed by atoms with Crippen molar-refractivity contribution in [2.75, 3.05) is 11.9 Å². The van der Waals surface area contributed by atoms with Gasteiger partial charge in [-0.05, 0) is 19.8 Å². The Labute approximate surface area is 152 Å². The maximum atomic E-state index is 12.6. The second-order valence-electron chi connectivity index (χ2n) is 5.70. The fourth-order valence-corrected chi connectivity index (χ4v) is 4.44. The van der Waals surface area contributed by atoms with Crippen molar-refractivity contribution in [1.29, 1.82) is 0 Å². The third-order valence-corrected chi connectivity index (χ3v) is 6.03. The van der Waals surface area contributed by atoms with Gasteiger partial charge in [0.15, 0.2) is 0 Å². The molecule has 0 spiro atoms. The highest BCUT2D eigenvalue weighted by molar-refractivity contribution is 7.17. The first-order chi connectivity index (χ1) is 12.2. The molecule has 2 aromatic heterocycles. The van der Waals surface area contributed by atoms with Gasteiger partial charge < -0.3 is 4.74 Å². The Hall–Kier alpha value is -2.16. The van der Waals surface area contributed by atoms with E-state index in [-0.39, 0.29) is 12.0 Å². The van der Waals surface area contributed by atoms with E-state index in [1.165, 1.54) is 22.7 Å². The van der Waals surface area contributed by atoms with Gasteiger partial charge in [-0.2, -0.15) is 0 Å². The Kier molecular flexibility index (Phi) is 4.56. The summed E-state index contributed by atoms with van der Waals surface area (Å²) in [6.07, 6.45) is 2.00. The van der Waals surface area contributed by atoms with Gasteiger partial charge in [0.1, 0.15) is 21.0 Å². The number of aryl methyl sites for hydroxylation is 1. The number of nitrogens with zero attached hydrogens (tertiary/aromatic N) is 3. The normalized spacial score (nSPS) is 16.9. The number of hydrogen-bond donors (Lipinski definition) is 1. The van der Waals surface area contributed by atoms with Crippen LogP contribution in [0.4, 0.5) is 5.13 Å². The van der Waals surface area contributed by atoms with Crippen LogP contribution in [0.5, 0.6) is 0 Å². The minimum absolute atomic E-state index is 0.0120. The van der Waals surface area contributed by atoms with E-state index in [4.69, 9.17) is 4.74 Å². The molecule has 3 heterocycles. The van der Waals surface area contributed by atoms with Crippen molar-refractivity contribution in [2.45, 2.75) is 25.9 Å². The van der Waals surface area contributed by atoms with E-state index in [0.29, 0.717) is 15.7 Å². The van der Waals surface area contributed by atoms with E-state index in [1.807, 2.05) is 37.3 Å². The molecule has 0 radical (unpaired) electrons. The van der Waals surface area contributed by atoms with Gasteiger partial charge in [0, 0.05) is 12.2 Å². The minimum Gasteiger partial charge on any atom is -0.371 e. The Bertz CT molecular complexity index is 885. The van der Waals surface area contributed by atoms with Crippen LogP contribution < -0.4 is 5.32 Å². The monoisotopic (exact) mass is 372 g/mol. The topological polar surface area (TPSA) is 77.0 Å². The molecule has 0 bridgehead atoms. The number of carbonyl (C=O) groups is 1. The van der Waals surface area contributed by atoms with Gasteiger partial charge in [-0.15, -0.1) is 21.5 Å². The zero-order valence-electron chi connectivity index (χ0n) is 13.6. The van der Waals surface area contributed by atoms with Crippen LogP contribution in [0.3, 0.4) is 0 Å². The van der Waals surface area contributed by atoms with Crippen LogP contribution in [-0.2, 0) is 4.74 Å². The number of ether oxygens (including phenoxy) is 1. The second kappa shape index (κ2) is 6.99. The van der Waals surface area contributed by atoms with Gasteiger partial charge in [0.25, 0.3) is 5.91 Å². The predicted molar refractivity (Wildman–Crippen MR) is 98.1 cm³/mol. The fourth-order valence-electron chi connectivity index (χ4n) is 2.65. The van der Waals surface area contributed by atoms with Crippen LogP contribution in [0, 0.1) is 6.92 Å². The molecule has 3 aromatic rings. The highest BCUT2D eigenvalue weighted by Gasteiger charge is 2.23. The van der Waals surface area contributed by atoms with Crippen molar-refractivity contribution in [1.82, 2.24) is 15.2 Å². The van der Waals surface area contributed by atoms with E-state index in [2.05, 4.69) is 20.5 Å². The molecule has 128 valence electrons. The molecule has 0 saturated carbocycles. The van der Waals surface area contributed by atoms with Gasteiger partial charge in [0.05, 0.1) is 5.69 Å². The molecule has 0 aliphatic carbocycles. The molecule has 1 fully saturated rings. The molecule has 1 atom stereocenters. The minimum atomic E-state index is -0.202. The third kappa shape index (κ3) is 3.46. The summed E-state index contributed by atoms with van der Waals surface area (Å²) in [7, 11) is 0. The molecule has 1 aliphatic heterocycles. The number of benzene rings is 1. The number of thiazole rings is 1. The van der Waals surface area contributed by atoms with Crippen molar-refractivity contribution < 1.29 is 9.53 Å². The maximum Gasteiger partial charge on any atom is 0.269 e. The smallest absolute Gasteiger partial charge is 0.269 e. The van der Waals surface area contributed by atoms with Crippen molar-refractivity contribution in [3.8, 4) is 10.6 Å². The molecule has 1 aromatic carbocycles. The lowest BCUT2D eigenvalue weighted by atomic mass is 10.2. The lowest BCUT2D eigenvalue weighted by Gasteiger charge is -2.02. The molecule has 4 rings (SSSR count). The summed E-state index contributed by atoms with van der Waals surface area (Å²) >= 11 is 2.75. The third-order valence-electron chi connectivity index (χ3n) is 3.89. The first kappa shape index (κ1) is 16.3. The summed E-state index contributed by atoms with van der Waals surface area (Å²) < 4.78 is 5.60. The maximum absolute atomic E-state index is 12.6. The average molecular weight is 372 g/mol. The summed E-state index contributed by atoms with van der Waals surface area (Å²) in [5.41, 5.74) is 1.72. The van der Waals surface area contributed by atoms with Gasteiger partial charge in [-0.1, -0.05) is 41.7 Å². The molecule has 0 unspecified atom stereocenters. The van der Waals surface area contributed by atoms with E-state index >= 15 is 0 Å². The van der Waals surface area contributed by atoms with Crippen molar-refractivity contribution in [2.24, 2.45) is 0 Å². The second-order valence-corrected chi connectivity index (χ2v) is 7.71. The molecule has 8 heteroatoms. The zero-order valence-corrected chi connectivity index (χ0v) is 15.2. The van der Waals surface area contributed by atoms with Crippen molar-refractivity contribution >= 4 is 33.7 Å². The first-order valence-electron chi connectivity index (χ1n) is 8.00. The van der Waals surface area contributed by atoms with Crippen LogP contribution >= 0.6 is 22.7 Å². The Morgan fingerprint density at radius 2 is 2.08 bits per heavy atom. The van der Waals surface area contributed by atoms with E-state index in [1.54, 1.807) is 0 Å². The van der Waals surface area contributed by atoms with Gasteiger partial charge >= 0.3 is 0 Å². The Morgan fingerprint density at radius 3 is 2.84 bits per heavy atom. The summed E-state index contributed by atoms with van der Waals surface area (Å²) in [5, 5.41) is 13.2. The van der Waals surface area contributed by atoms with E-state index in [0.717, 1.165) is 35.0 Å². The molecule has 1 N–H and O–H groups in total. The summed E-state index contributed by atoms with van der Waals surface area (Å²) in [5.74, 6) is -0.202. The SMILES string of the molecule is Cc1nc(-c2ccccc2)sc1C(=O)Nc1nnc([C@@H]2CCCO2)s1. The van der Waals surface area contributed by atoms with Crippen LogP contribution in [0.1, 0.15) is 39.3 Å². The lowest BCUT2D eigenvalue weighted by Crippen LogP contribution is -2.11. The fraction of sp³-hybridized carbons (Fsp3) is 0.294. The van der Waals surface area contributed by atoms with Gasteiger partial charge in [-0.3, -0.25) is 10.1 Å². The molecule has 6 nitrogen and oxygen atoms in total. The number of carbonyl (C=O) groups excluding carboxylic acids is 1. The quantitative estimate of drug-likeness (QED) is 0.747. The summed E-state index contributed by atoms with van der Waals surface area (Å²) in [4.78, 5) is 17.7. The molecule has 1 amide bonds. The first-order valence-corrected chi connectivity index (χ1v) is 9.63. The Balaban J connectivity index is 1.51. The molecule has 1 aliphatic rings. The average Bonchev–Trinajstić information content (AvgIpc) is 3.35. The zero-order chi connectivity index (χ0) is 17.2. The number of nitrogens with one attached hydrogen (secondary N) is 1. The van der Waals surface area contributed by atoms with Crippen LogP contribution in [0.15, 0.2) is 30.3 Å². The number of amides is 1. The van der Waals surface area contributed by atoms with Gasteiger partial charge in [-0.25, -0.2) is 4.98 Å². The number of hydrogen-bond acceptors (Lipinski definition) is 7.